The molecule has 0 N–H and O–H groups in total. The molecular weight excluding hydrogens is 324 g/mol. The van der Waals surface area contributed by atoms with E-state index >= 15 is 0 Å². The Morgan fingerprint density at radius 1 is 1.21 bits per heavy atom. The molecule has 0 radical (unpaired) electrons. The molecule has 0 saturated heterocycles. The Kier molecular flexibility index (Phi) is 4.71. The summed E-state index contributed by atoms with van der Waals surface area (Å²) in [7, 11) is 1.85. The molecule has 2 heterocycles. The van der Waals surface area contributed by atoms with Gasteiger partial charge in [-0.1, -0.05) is 31.9 Å². The molecule has 3 aromatic rings. The molecule has 0 fully saturated rings. The first kappa shape index (κ1) is 16.7. The van der Waals surface area contributed by atoms with Crippen LogP contribution < -0.4 is 5.56 Å². The lowest BCUT2D eigenvalue weighted by Gasteiger charge is -2.13. The van der Waals surface area contributed by atoms with Crippen LogP contribution in [0, 0.1) is 5.92 Å². The minimum atomic E-state index is -0.137. The van der Waals surface area contributed by atoms with Crippen molar-refractivity contribution in [3.8, 4) is 5.69 Å². The fourth-order valence-electron chi connectivity index (χ4n) is 2.79. The van der Waals surface area contributed by atoms with Crippen LogP contribution in [-0.2, 0) is 13.5 Å². The number of nitrogens with zero attached hydrogens (tertiary/aromatic N) is 4. The van der Waals surface area contributed by atoms with Crippen LogP contribution in [0.2, 0.25) is 5.02 Å². The smallest absolute Gasteiger partial charge is 0.286 e. The monoisotopic (exact) mass is 344 g/mol. The first-order valence-electron chi connectivity index (χ1n) is 8.16. The number of hydrogen-bond acceptors (Lipinski definition) is 3. The zero-order valence-electron chi connectivity index (χ0n) is 14.2. The molecule has 0 atom stereocenters. The minimum Gasteiger partial charge on any atom is -0.318 e. The van der Waals surface area contributed by atoms with Crippen LogP contribution in [0.15, 0.2) is 35.4 Å². The van der Waals surface area contributed by atoms with Crippen molar-refractivity contribution in [1.82, 2.24) is 19.1 Å². The average molecular weight is 345 g/mol. The second-order valence-corrected chi connectivity index (χ2v) is 6.90. The van der Waals surface area contributed by atoms with Gasteiger partial charge in [0.05, 0.1) is 12.0 Å². The fraction of sp³-hybridized carbons (Fsp3) is 0.389. The molecular formula is C18H21ClN4O. The molecule has 126 valence electrons. The SMILES string of the molecule is CC(C)CCCc1nc2c(ncn2C)c(=O)n1-c1ccc(Cl)cc1. The Morgan fingerprint density at radius 2 is 1.92 bits per heavy atom. The van der Waals surface area contributed by atoms with Crippen molar-refractivity contribution in [2.24, 2.45) is 13.0 Å². The third kappa shape index (κ3) is 3.22. The third-order valence-corrected chi connectivity index (χ3v) is 4.32. The lowest BCUT2D eigenvalue weighted by Crippen LogP contribution is -2.24. The molecule has 5 nitrogen and oxygen atoms in total. The van der Waals surface area contributed by atoms with Crippen LogP contribution in [0.4, 0.5) is 0 Å². The number of halogens is 1. The maximum absolute atomic E-state index is 13.0. The van der Waals surface area contributed by atoms with E-state index in [2.05, 4.69) is 18.8 Å². The molecule has 0 aliphatic rings. The fourth-order valence-corrected chi connectivity index (χ4v) is 2.92. The maximum atomic E-state index is 13.0. The van der Waals surface area contributed by atoms with E-state index in [0.717, 1.165) is 30.8 Å². The maximum Gasteiger partial charge on any atom is 0.286 e. The van der Waals surface area contributed by atoms with Gasteiger partial charge in [-0.2, -0.15) is 0 Å². The molecule has 0 amide bonds. The third-order valence-electron chi connectivity index (χ3n) is 4.07. The van der Waals surface area contributed by atoms with Gasteiger partial charge in [-0.05, 0) is 36.6 Å². The second-order valence-electron chi connectivity index (χ2n) is 6.46. The lowest BCUT2D eigenvalue weighted by molar-refractivity contribution is 0.545. The number of imidazole rings is 1. The van der Waals surface area contributed by atoms with Crippen LogP contribution in [0.3, 0.4) is 0 Å². The highest BCUT2D eigenvalue weighted by molar-refractivity contribution is 6.30. The van der Waals surface area contributed by atoms with E-state index in [9.17, 15) is 4.79 Å². The van der Waals surface area contributed by atoms with Gasteiger partial charge in [0.15, 0.2) is 11.2 Å². The summed E-state index contributed by atoms with van der Waals surface area (Å²) in [6, 6.07) is 7.24. The van der Waals surface area contributed by atoms with Gasteiger partial charge in [-0.15, -0.1) is 0 Å². The largest absolute Gasteiger partial charge is 0.318 e. The molecule has 1 aromatic carbocycles. The Labute approximate surface area is 145 Å². The zero-order valence-corrected chi connectivity index (χ0v) is 14.9. The van der Waals surface area contributed by atoms with E-state index in [4.69, 9.17) is 16.6 Å². The van der Waals surface area contributed by atoms with Crippen molar-refractivity contribution in [3.63, 3.8) is 0 Å². The van der Waals surface area contributed by atoms with Crippen molar-refractivity contribution in [2.45, 2.75) is 33.1 Å². The first-order valence-corrected chi connectivity index (χ1v) is 8.54. The highest BCUT2D eigenvalue weighted by atomic mass is 35.5. The Bertz CT molecular complexity index is 909. The van der Waals surface area contributed by atoms with Crippen LogP contribution in [0.5, 0.6) is 0 Å². The van der Waals surface area contributed by atoms with Gasteiger partial charge in [-0.25, -0.2) is 9.97 Å². The molecule has 6 heteroatoms. The van der Waals surface area contributed by atoms with E-state index < -0.39 is 0 Å². The molecule has 2 aromatic heterocycles. The van der Waals surface area contributed by atoms with Crippen molar-refractivity contribution < 1.29 is 0 Å². The number of aryl methyl sites for hydroxylation is 2. The van der Waals surface area contributed by atoms with Crippen molar-refractivity contribution >= 4 is 22.8 Å². The molecule has 0 saturated carbocycles. The van der Waals surface area contributed by atoms with Gasteiger partial charge in [0.2, 0.25) is 0 Å². The van der Waals surface area contributed by atoms with Crippen LogP contribution in [0.1, 0.15) is 32.5 Å². The second kappa shape index (κ2) is 6.77. The number of rotatable bonds is 5. The van der Waals surface area contributed by atoms with E-state index in [-0.39, 0.29) is 5.56 Å². The number of hydrogen-bond donors (Lipinski definition) is 0. The summed E-state index contributed by atoms with van der Waals surface area (Å²) >= 11 is 5.98. The van der Waals surface area contributed by atoms with E-state index in [0.29, 0.717) is 22.1 Å². The van der Waals surface area contributed by atoms with Crippen molar-refractivity contribution in [3.05, 3.63) is 51.8 Å². The van der Waals surface area contributed by atoms with E-state index in [1.165, 1.54) is 0 Å². The van der Waals surface area contributed by atoms with Crippen molar-refractivity contribution in [2.75, 3.05) is 0 Å². The van der Waals surface area contributed by atoms with Gasteiger partial charge in [-0.3, -0.25) is 9.36 Å². The minimum absolute atomic E-state index is 0.137. The molecule has 0 aliphatic carbocycles. The molecule has 0 unspecified atom stereocenters. The number of benzene rings is 1. The highest BCUT2D eigenvalue weighted by Crippen LogP contribution is 2.17. The van der Waals surface area contributed by atoms with Gasteiger partial charge < -0.3 is 4.57 Å². The summed E-state index contributed by atoms with van der Waals surface area (Å²) in [5.41, 5.74) is 1.65. The lowest BCUT2D eigenvalue weighted by atomic mass is 10.1. The predicted molar refractivity (Wildman–Crippen MR) is 96.9 cm³/mol. The quantitative estimate of drug-likeness (QED) is 0.708. The number of fused-ring (bicyclic) bond motifs is 1. The summed E-state index contributed by atoms with van der Waals surface area (Å²) in [4.78, 5) is 21.9. The van der Waals surface area contributed by atoms with Gasteiger partial charge in [0, 0.05) is 18.5 Å². The zero-order chi connectivity index (χ0) is 17.3. The van der Waals surface area contributed by atoms with E-state index in [1.807, 2.05) is 19.2 Å². The normalized spacial score (nSPS) is 11.5. The summed E-state index contributed by atoms with van der Waals surface area (Å²) in [5.74, 6) is 1.39. The molecule has 24 heavy (non-hydrogen) atoms. The van der Waals surface area contributed by atoms with Crippen LogP contribution >= 0.6 is 11.6 Å². The van der Waals surface area contributed by atoms with Gasteiger partial charge in [0.25, 0.3) is 5.56 Å². The molecule has 0 bridgehead atoms. The van der Waals surface area contributed by atoms with Gasteiger partial charge >= 0.3 is 0 Å². The standard InChI is InChI=1S/C18H21ClN4O/c1-12(2)5-4-6-15-21-17-16(20-11-22(17)3)18(24)23(15)14-9-7-13(19)8-10-14/h7-12H,4-6H2,1-3H3. The Hall–Kier alpha value is -2.14. The Morgan fingerprint density at radius 3 is 2.58 bits per heavy atom. The predicted octanol–water partition coefficient (Wildman–Crippen LogP) is 3.75. The highest BCUT2D eigenvalue weighted by Gasteiger charge is 2.15. The molecule has 0 spiro atoms. The number of aromatic nitrogens is 4. The van der Waals surface area contributed by atoms with Crippen LogP contribution in [-0.4, -0.2) is 19.1 Å². The summed E-state index contributed by atoms with van der Waals surface area (Å²) < 4.78 is 3.45. The molecule has 3 rings (SSSR count). The average Bonchev–Trinajstić information content (AvgIpc) is 2.90. The Balaban J connectivity index is 2.14. The summed E-state index contributed by atoms with van der Waals surface area (Å²) in [5, 5.41) is 0.639. The first-order chi connectivity index (χ1) is 11.5. The molecule has 0 aliphatic heterocycles. The van der Waals surface area contributed by atoms with Crippen LogP contribution in [0.25, 0.3) is 16.9 Å². The van der Waals surface area contributed by atoms with Gasteiger partial charge in [0.1, 0.15) is 5.82 Å². The summed E-state index contributed by atoms with van der Waals surface area (Å²) in [6.45, 7) is 4.40. The topological polar surface area (TPSA) is 52.7 Å². The van der Waals surface area contributed by atoms with E-state index in [1.54, 1.807) is 27.6 Å². The summed E-state index contributed by atoms with van der Waals surface area (Å²) in [6.07, 6.45) is 4.46. The van der Waals surface area contributed by atoms with Crippen molar-refractivity contribution in [1.29, 1.82) is 0 Å².